The van der Waals surface area contributed by atoms with E-state index < -0.39 is 16.4 Å². The number of anilines is 1. The van der Waals surface area contributed by atoms with Crippen molar-refractivity contribution in [2.45, 2.75) is 12.5 Å². The van der Waals surface area contributed by atoms with Crippen molar-refractivity contribution in [3.8, 4) is 0 Å². The van der Waals surface area contributed by atoms with Crippen molar-refractivity contribution in [2.24, 2.45) is 0 Å². The second kappa shape index (κ2) is 5.25. The van der Waals surface area contributed by atoms with E-state index in [9.17, 15) is 20.0 Å². The quantitative estimate of drug-likeness (QED) is 0.648. The number of carboxylic acids is 1. The predicted molar refractivity (Wildman–Crippen MR) is 73.8 cm³/mol. The minimum absolute atomic E-state index is 0.145. The van der Waals surface area contributed by atoms with Crippen LogP contribution in [-0.2, 0) is 10.3 Å². The first-order valence-corrected chi connectivity index (χ1v) is 6.42. The third kappa shape index (κ3) is 2.59. The van der Waals surface area contributed by atoms with Crippen molar-refractivity contribution >= 4 is 27.4 Å². The van der Waals surface area contributed by atoms with Crippen LogP contribution in [-0.4, -0.2) is 21.0 Å². The van der Waals surface area contributed by atoms with Crippen LogP contribution >= 0.6 is 11.3 Å². The highest BCUT2D eigenvalue weighted by atomic mass is 32.1. The molecule has 0 radical (unpaired) electrons. The minimum Gasteiger partial charge on any atom is -0.479 e. The zero-order valence-electron chi connectivity index (χ0n) is 10.4. The summed E-state index contributed by atoms with van der Waals surface area (Å²) in [5.41, 5.74) is -0.877. The monoisotopic (exact) mass is 293 g/mol. The maximum absolute atomic E-state index is 11.5. The summed E-state index contributed by atoms with van der Waals surface area (Å²) in [6, 6.07) is 8.57. The molecule has 0 amide bonds. The number of carboxylic acid groups (broad SMARTS) is 1. The maximum atomic E-state index is 11.5. The molecule has 1 aromatic heterocycles. The molecule has 0 saturated heterocycles. The number of nitrogens with one attached hydrogen (secondary N) is 1. The summed E-state index contributed by atoms with van der Waals surface area (Å²) in [7, 11) is 0. The predicted octanol–water partition coefficient (Wildman–Crippen LogP) is 2.46. The molecular formula is C12H11N3O4S. The van der Waals surface area contributed by atoms with E-state index in [1.807, 2.05) is 0 Å². The van der Waals surface area contributed by atoms with Gasteiger partial charge in [-0.1, -0.05) is 30.3 Å². The van der Waals surface area contributed by atoms with Crippen LogP contribution < -0.4 is 5.32 Å². The lowest BCUT2D eigenvalue weighted by Crippen LogP contribution is -2.40. The van der Waals surface area contributed by atoms with Gasteiger partial charge in [-0.3, -0.25) is 10.1 Å². The van der Waals surface area contributed by atoms with Crippen LogP contribution in [0, 0.1) is 10.1 Å². The van der Waals surface area contributed by atoms with Crippen molar-refractivity contribution in [3.63, 3.8) is 0 Å². The van der Waals surface area contributed by atoms with Crippen molar-refractivity contribution < 1.29 is 14.8 Å². The Hall–Kier alpha value is -2.48. The number of benzene rings is 1. The molecule has 104 valence electrons. The average Bonchev–Trinajstić information content (AvgIpc) is 2.88. The van der Waals surface area contributed by atoms with Gasteiger partial charge in [-0.2, -0.15) is 0 Å². The summed E-state index contributed by atoms with van der Waals surface area (Å²) in [6.45, 7) is 1.48. The van der Waals surface area contributed by atoms with Gasteiger partial charge in [-0.05, 0) is 23.8 Å². The highest BCUT2D eigenvalue weighted by Crippen LogP contribution is 2.31. The van der Waals surface area contributed by atoms with Crippen LogP contribution in [0.4, 0.5) is 10.1 Å². The Morgan fingerprint density at radius 2 is 2.10 bits per heavy atom. The Kier molecular flexibility index (Phi) is 3.66. The third-order valence-corrected chi connectivity index (χ3v) is 3.67. The molecule has 0 aliphatic rings. The molecular weight excluding hydrogens is 282 g/mol. The molecule has 1 atom stereocenters. The Morgan fingerprint density at radius 3 is 2.60 bits per heavy atom. The van der Waals surface area contributed by atoms with Crippen LogP contribution in [0.15, 0.2) is 36.5 Å². The maximum Gasteiger partial charge on any atom is 0.345 e. The highest BCUT2D eigenvalue weighted by Gasteiger charge is 2.36. The number of rotatable bonds is 5. The van der Waals surface area contributed by atoms with Crippen LogP contribution in [0.2, 0.25) is 0 Å². The molecule has 8 heteroatoms. The number of aromatic nitrogens is 1. The fourth-order valence-electron chi connectivity index (χ4n) is 1.64. The van der Waals surface area contributed by atoms with Crippen molar-refractivity contribution in [1.29, 1.82) is 0 Å². The Morgan fingerprint density at radius 1 is 1.45 bits per heavy atom. The zero-order chi connectivity index (χ0) is 14.8. The minimum atomic E-state index is -1.41. The molecule has 20 heavy (non-hydrogen) atoms. The number of hydrogen-bond acceptors (Lipinski definition) is 6. The first-order chi connectivity index (χ1) is 9.43. The van der Waals surface area contributed by atoms with Gasteiger partial charge in [-0.15, -0.1) is 0 Å². The molecule has 0 aliphatic heterocycles. The topological polar surface area (TPSA) is 105 Å². The molecule has 0 fully saturated rings. The summed E-state index contributed by atoms with van der Waals surface area (Å²) in [5.74, 6) is -1.10. The van der Waals surface area contributed by atoms with Crippen molar-refractivity contribution in [2.75, 3.05) is 5.32 Å². The molecule has 1 heterocycles. The number of carbonyl (C=O) groups is 1. The summed E-state index contributed by atoms with van der Waals surface area (Å²) < 4.78 is 0. The van der Waals surface area contributed by atoms with Gasteiger partial charge in [0.15, 0.2) is 10.7 Å². The fourth-order valence-corrected chi connectivity index (χ4v) is 2.38. The standard InChI is InChI=1S/C12H11N3O4S/c1-12(10(16)17,8-5-3-2-4-6-8)14-11-13-7-9(20-11)15(18)19/h2-7H,1H3,(H,13,14)(H,16,17). The van der Waals surface area contributed by atoms with Crippen molar-refractivity contribution in [3.05, 3.63) is 52.2 Å². The number of nitro groups is 1. The van der Waals surface area contributed by atoms with E-state index in [-0.39, 0.29) is 10.1 Å². The summed E-state index contributed by atoms with van der Waals surface area (Å²) in [5, 5.41) is 22.8. The van der Waals surface area contributed by atoms with Gasteiger partial charge in [-0.25, -0.2) is 9.78 Å². The van der Waals surface area contributed by atoms with E-state index in [4.69, 9.17) is 0 Å². The first-order valence-electron chi connectivity index (χ1n) is 5.61. The van der Waals surface area contributed by atoms with Gasteiger partial charge in [0.1, 0.15) is 6.20 Å². The Labute approximate surface area is 118 Å². The number of aliphatic carboxylic acids is 1. The molecule has 0 spiro atoms. The SMILES string of the molecule is CC(Nc1ncc([N+](=O)[O-])s1)(C(=O)O)c1ccccc1. The number of thiazole rings is 1. The summed E-state index contributed by atoms with van der Waals surface area (Å²) in [4.78, 5) is 25.4. The fraction of sp³-hybridized carbons (Fsp3) is 0.167. The van der Waals surface area contributed by atoms with E-state index in [1.165, 1.54) is 6.92 Å². The van der Waals surface area contributed by atoms with Gasteiger partial charge < -0.3 is 10.4 Å². The smallest absolute Gasteiger partial charge is 0.345 e. The van der Waals surface area contributed by atoms with Crippen molar-refractivity contribution in [1.82, 2.24) is 4.98 Å². The second-order valence-corrected chi connectivity index (χ2v) is 5.19. The molecule has 1 aromatic carbocycles. The van der Waals surface area contributed by atoms with Crippen LogP contribution in [0.3, 0.4) is 0 Å². The van der Waals surface area contributed by atoms with Crippen LogP contribution in [0.1, 0.15) is 12.5 Å². The number of hydrogen-bond donors (Lipinski definition) is 2. The Balaban J connectivity index is 2.34. The lowest BCUT2D eigenvalue weighted by Gasteiger charge is -2.26. The first kappa shape index (κ1) is 13.9. The number of nitrogens with zero attached hydrogens (tertiary/aromatic N) is 2. The molecule has 2 aromatic rings. The lowest BCUT2D eigenvalue weighted by atomic mass is 9.92. The van der Waals surface area contributed by atoms with E-state index in [1.54, 1.807) is 30.3 Å². The van der Waals surface area contributed by atoms with Gasteiger partial charge in [0.25, 0.3) is 0 Å². The molecule has 7 nitrogen and oxygen atoms in total. The molecule has 0 aliphatic carbocycles. The van der Waals surface area contributed by atoms with Gasteiger partial charge in [0.2, 0.25) is 0 Å². The van der Waals surface area contributed by atoms with E-state index >= 15 is 0 Å². The molecule has 2 rings (SSSR count). The summed E-state index contributed by atoms with van der Waals surface area (Å²) in [6.07, 6.45) is 1.10. The van der Waals surface area contributed by atoms with Gasteiger partial charge in [0, 0.05) is 0 Å². The zero-order valence-corrected chi connectivity index (χ0v) is 11.3. The van der Waals surface area contributed by atoms with Crippen LogP contribution in [0.5, 0.6) is 0 Å². The third-order valence-electron chi connectivity index (χ3n) is 2.81. The molecule has 2 N–H and O–H groups in total. The second-order valence-electron chi connectivity index (χ2n) is 4.18. The summed E-state index contributed by atoms with van der Waals surface area (Å²) >= 11 is 0.795. The van der Waals surface area contributed by atoms with Gasteiger partial charge in [0.05, 0.1) is 4.92 Å². The van der Waals surface area contributed by atoms with Gasteiger partial charge >= 0.3 is 11.0 Å². The highest BCUT2D eigenvalue weighted by molar-refractivity contribution is 7.18. The molecule has 0 saturated carbocycles. The Bertz CT molecular complexity index is 643. The average molecular weight is 293 g/mol. The van der Waals surface area contributed by atoms with E-state index in [2.05, 4.69) is 10.3 Å². The van der Waals surface area contributed by atoms with Crippen LogP contribution in [0.25, 0.3) is 0 Å². The molecule has 0 bridgehead atoms. The van der Waals surface area contributed by atoms with E-state index in [0.717, 1.165) is 17.5 Å². The molecule has 1 unspecified atom stereocenters. The largest absolute Gasteiger partial charge is 0.479 e. The lowest BCUT2D eigenvalue weighted by molar-refractivity contribution is -0.380. The van der Waals surface area contributed by atoms with E-state index in [0.29, 0.717) is 5.56 Å². The normalized spacial score (nSPS) is 13.4.